The summed E-state index contributed by atoms with van der Waals surface area (Å²) in [4.78, 5) is 20.2. The van der Waals surface area contributed by atoms with E-state index in [0.29, 0.717) is 0 Å². The van der Waals surface area contributed by atoms with Crippen molar-refractivity contribution in [3.05, 3.63) is 83.6 Å². The molecular weight excluding hydrogens is 378 g/mol. The van der Waals surface area contributed by atoms with Gasteiger partial charge in [0.05, 0.1) is 0 Å². The van der Waals surface area contributed by atoms with Crippen LogP contribution in [-0.4, -0.2) is 33.3 Å². The molecule has 4 nitrogen and oxygen atoms in total. The summed E-state index contributed by atoms with van der Waals surface area (Å²) >= 11 is 1.64. The Morgan fingerprint density at radius 2 is 2.00 bits per heavy atom. The molecule has 2 aromatic heterocycles. The van der Waals surface area contributed by atoms with Gasteiger partial charge in [-0.1, -0.05) is 42.5 Å². The van der Waals surface area contributed by atoms with E-state index >= 15 is 0 Å². The molecule has 0 N–H and O–H groups in total. The van der Waals surface area contributed by atoms with Crippen LogP contribution in [0, 0.1) is 5.92 Å². The third-order valence-electron chi connectivity index (χ3n) is 5.78. The van der Waals surface area contributed by atoms with E-state index in [1.807, 2.05) is 35.8 Å². The lowest BCUT2D eigenvalue weighted by molar-refractivity contribution is 0.0811. The Bertz CT molecular complexity index is 1130. The summed E-state index contributed by atoms with van der Waals surface area (Å²) < 4.78 is 2.15. The highest BCUT2D eigenvalue weighted by Crippen LogP contribution is 2.27. The zero-order chi connectivity index (χ0) is 19.6. The minimum atomic E-state index is 0.0535. The van der Waals surface area contributed by atoms with Gasteiger partial charge in [0, 0.05) is 48.0 Å². The molecule has 5 heteroatoms. The second-order valence-corrected chi connectivity index (χ2v) is 8.52. The second-order valence-electron chi connectivity index (χ2n) is 7.65. The number of thiazole rings is 1. The molecule has 0 unspecified atom stereocenters. The van der Waals surface area contributed by atoms with Gasteiger partial charge in [-0.2, -0.15) is 0 Å². The van der Waals surface area contributed by atoms with E-state index in [4.69, 9.17) is 0 Å². The van der Waals surface area contributed by atoms with Gasteiger partial charge in [0.1, 0.15) is 0 Å². The number of aromatic nitrogens is 2. The van der Waals surface area contributed by atoms with E-state index in [1.54, 1.807) is 11.3 Å². The van der Waals surface area contributed by atoms with E-state index in [2.05, 4.69) is 51.0 Å². The monoisotopic (exact) mass is 401 g/mol. The number of hydrogen-bond acceptors (Lipinski definition) is 4. The molecule has 1 aliphatic rings. The number of fused-ring (bicyclic) bond motifs is 1. The van der Waals surface area contributed by atoms with Crippen molar-refractivity contribution in [1.29, 1.82) is 0 Å². The number of Topliss-reactive ketones (excluding diaryl/α,β-unsaturated/α-hetero) is 1. The van der Waals surface area contributed by atoms with Crippen molar-refractivity contribution in [2.75, 3.05) is 13.1 Å². The van der Waals surface area contributed by atoms with Crippen molar-refractivity contribution in [3.8, 4) is 5.13 Å². The Morgan fingerprint density at radius 3 is 2.90 bits per heavy atom. The molecule has 1 atom stereocenters. The van der Waals surface area contributed by atoms with Crippen LogP contribution in [-0.2, 0) is 6.54 Å². The Morgan fingerprint density at radius 1 is 1.10 bits per heavy atom. The van der Waals surface area contributed by atoms with Gasteiger partial charge in [0.15, 0.2) is 10.9 Å². The second kappa shape index (κ2) is 7.93. The fourth-order valence-corrected chi connectivity index (χ4v) is 5.03. The Labute approximate surface area is 174 Å². The van der Waals surface area contributed by atoms with E-state index in [9.17, 15) is 4.79 Å². The van der Waals surface area contributed by atoms with Crippen molar-refractivity contribution in [2.24, 2.45) is 5.92 Å². The summed E-state index contributed by atoms with van der Waals surface area (Å²) in [5, 5.41) is 5.19. The van der Waals surface area contributed by atoms with E-state index in [1.165, 1.54) is 5.69 Å². The molecule has 0 aliphatic carbocycles. The summed E-state index contributed by atoms with van der Waals surface area (Å²) in [6, 6.07) is 18.4. The van der Waals surface area contributed by atoms with Crippen LogP contribution in [0.1, 0.15) is 28.9 Å². The van der Waals surface area contributed by atoms with Crippen LogP contribution in [0.2, 0.25) is 0 Å². The lowest BCUT2D eigenvalue weighted by Crippen LogP contribution is -2.38. The number of likely N-dealkylation sites (tertiary alicyclic amines) is 1. The van der Waals surface area contributed by atoms with Crippen LogP contribution in [0.25, 0.3) is 15.9 Å². The zero-order valence-corrected chi connectivity index (χ0v) is 17.0. The normalized spacial score (nSPS) is 17.6. The topological polar surface area (TPSA) is 38.1 Å². The molecule has 5 rings (SSSR count). The van der Waals surface area contributed by atoms with E-state index in [0.717, 1.165) is 53.9 Å². The van der Waals surface area contributed by atoms with Crippen LogP contribution >= 0.6 is 11.3 Å². The number of piperidine rings is 1. The van der Waals surface area contributed by atoms with Gasteiger partial charge in [0.25, 0.3) is 0 Å². The van der Waals surface area contributed by atoms with Gasteiger partial charge in [-0.15, -0.1) is 11.3 Å². The standard InChI is InChI=1S/C24H23N3OS/c28-23(22-11-3-7-18-6-1-2-10-21(18)22)19-8-4-13-26(16-19)17-20-9-5-14-27(20)24-25-12-15-29-24/h1-3,5-7,9-12,14-15,19H,4,8,13,16-17H2/t19-/m0/s1. The van der Waals surface area contributed by atoms with Crippen molar-refractivity contribution in [2.45, 2.75) is 19.4 Å². The number of nitrogens with zero attached hydrogens (tertiary/aromatic N) is 3. The van der Waals surface area contributed by atoms with Gasteiger partial charge in [-0.05, 0) is 42.3 Å². The Balaban J connectivity index is 1.35. The van der Waals surface area contributed by atoms with Crippen LogP contribution < -0.4 is 0 Å². The predicted molar refractivity (Wildman–Crippen MR) is 118 cm³/mol. The fourth-order valence-electron chi connectivity index (χ4n) is 4.37. The lowest BCUT2D eigenvalue weighted by atomic mass is 9.88. The Hall–Kier alpha value is -2.76. The van der Waals surface area contributed by atoms with Gasteiger partial charge in [-0.25, -0.2) is 4.98 Å². The van der Waals surface area contributed by atoms with Crippen LogP contribution in [0.4, 0.5) is 0 Å². The Kier molecular flexibility index (Phi) is 5.00. The zero-order valence-electron chi connectivity index (χ0n) is 16.2. The summed E-state index contributed by atoms with van der Waals surface area (Å²) in [7, 11) is 0. The average Bonchev–Trinajstić information content (AvgIpc) is 3.45. The highest BCUT2D eigenvalue weighted by Gasteiger charge is 2.28. The number of rotatable bonds is 5. The molecule has 146 valence electrons. The van der Waals surface area contributed by atoms with Gasteiger partial charge >= 0.3 is 0 Å². The molecule has 29 heavy (non-hydrogen) atoms. The highest BCUT2D eigenvalue weighted by molar-refractivity contribution is 7.12. The van der Waals surface area contributed by atoms with Gasteiger partial charge in [-0.3, -0.25) is 14.3 Å². The third kappa shape index (κ3) is 3.63. The van der Waals surface area contributed by atoms with Crippen molar-refractivity contribution < 1.29 is 4.79 Å². The van der Waals surface area contributed by atoms with Crippen molar-refractivity contribution >= 4 is 27.9 Å². The molecule has 4 aromatic rings. The van der Waals surface area contributed by atoms with E-state index < -0.39 is 0 Å². The number of carbonyl (C=O) groups is 1. The maximum absolute atomic E-state index is 13.4. The molecule has 1 saturated heterocycles. The average molecular weight is 402 g/mol. The SMILES string of the molecule is O=C(c1cccc2ccccc12)[C@H]1CCCN(Cc2cccn2-c2nccs2)C1. The number of benzene rings is 2. The van der Waals surface area contributed by atoms with Crippen LogP contribution in [0.5, 0.6) is 0 Å². The molecule has 2 aromatic carbocycles. The van der Waals surface area contributed by atoms with Gasteiger partial charge in [0.2, 0.25) is 0 Å². The summed E-state index contributed by atoms with van der Waals surface area (Å²) in [5.41, 5.74) is 2.08. The molecule has 0 amide bonds. The third-order valence-corrected chi connectivity index (χ3v) is 6.55. The summed E-state index contributed by atoms with van der Waals surface area (Å²) in [5.74, 6) is 0.333. The number of hydrogen-bond donors (Lipinski definition) is 0. The van der Waals surface area contributed by atoms with Crippen LogP contribution in [0.3, 0.4) is 0 Å². The molecule has 3 heterocycles. The lowest BCUT2D eigenvalue weighted by Gasteiger charge is -2.32. The molecule has 0 bridgehead atoms. The molecule has 0 radical (unpaired) electrons. The minimum absolute atomic E-state index is 0.0535. The molecule has 0 saturated carbocycles. The maximum atomic E-state index is 13.4. The first kappa shape index (κ1) is 18.3. The molecule has 0 spiro atoms. The van der Waals surface area contributed by atoms with Crippen molar-refractivity contribution in [3.63, 3.8) is 0 Å². The largest absolute Gasteiger partial charge is 0.297 e. The summed E-state index contributed by atoms with van der Waals surface area (Å²) in [6.45, 7) is 2.68. The predicted octanol–water partition coefficient (Wildman–Crippen LogP) is 5.18. The number of carbonyl (C=O) groups excluding carboxylic acids is 1. The van der Waals surface area contributed by atoms with Crippen molar-refractivity contribution in [1.82, 2.24) is 14.5 Å². The van der Waals surface area contributed by atoms with Gasteiger partial charge < -0.3 is 0 Å². The fraction of sp³-hybridized carbons (Fsp3) is 0.250. The smallest absolute Gasteiger partial charge is 0.193 e. The van der Waals surface area contributed by atoms with E-state index in [-0.39, 0.29) is 11.7 Å². The first-order valence-corrected chi connectivity index (χ1v) is 11.0. The molecule has 1 fully saturated rings. The maximum Gasteiger partial charge on any atom is 0.193 e. The summed E-state index contributed by atoms with van der Waals surface area (Å²) in [6.07, 6.45) is 5.92. The quantitative estimate of drug-likeness (QED) is 0.432. The van der Waals surface area contributed by atoms with Crippen LogP contribution in [0.15, 0.2) is 72.4 Å². The minimum Gasteiger partial charge on any atom is -0.297 e. The molecule has 1 aliphatic heterocycles. The first-order chi connectivity index (χ1) is 14.3. The number of ketones is 1. The highest BCUT2D eigenvalue weighted by atomic mass is 32.1. The first-order valence-electron chi connectivity index (χ1n) is 10.1. The molecular formula is C24H23N3OS.